The van der Waals surface area contributed by atoms with E-state index in [2.05, 4.69) is 41.7 Å². The van der Waals surface area contributed by atoms with E-state index in [1.165, 1.54) is 11.1 Å². The Morgan fingerprint density at radius 2 is 1.70 bits per heavy atom. The first-order valence-electron chi connectivity index (χ1n) is 9.04. The molecular weight excluding hydrogens is 336 g/mol. The lowest BCUT2D eigenvalue weighted by molar-refractivity contribution is 0.100. The molecule has 0 aliphatic rings. The zero-order valence-electron chi connectivity index (χ0n) is 15.4. The van der Waals surface area contributed by atoms with Crippen LogP contribution in [0.5, 0.6) is 11.5 Å². The standard InChI is InChI=1S/C23H24N2O2/c1-17-15-19(16-25-14-13-18-5-3-2-4-6-18)7-12-22(17)27-21-10-8-20(9-11-21)23(24)26/h2-12,15,25H,13-14,16H2,1H3,(H2,24,26). The Hall–Kier alpha value is -3.11. The fourth-order valence-corrected chi connectivity index (χ4v) is 2.86. The van der Waals surface area contributed by atoms with E-state index in [1.54, 1.807) is 24.3 Å². The van der Waals surface area contributed by atoms with E-state index in [9.17, 15) is 4.79 Å². The third-order valence-electron chi connectivity index (χ3n) is 4.37. The van der Waals surface area contributed by atoms with Crippen LogP contribution in [0.4, 0.5) is 0 Å². The number of rotatable bonds is 8. The van der Waals surface area contributed by atoms with Crippen molar-refractivity contribution in [3.63, 3.8) is 0 Å². The van der Waals surface area contributed by atoms with Crippen LogP contribution in [0.25, 0.3) is 0 Å². The highest BCUT2D eigenvalue weighted by atomic mass is 16.5. The van der Waals surface area contributed by atoms with Crippen molar-refractivity contribution in [3.05, 3.63) is 95.1 Å². The molecule has 4 heteroatoms. The zero-order valence-corrected chi connectivity index (χ0v) is 15.4. The van der Waals surface area contributed by atoms with Crippen LogP contribution in [0.1, 0.15) is 27.0 Å². The van der Waals surface area contributed by atoms with Gasteiger partial charge in [-0.25, -0.2) is 0 Å². The van der Waals surface area contributed by atoms with E-state index in [-0.39, 0.29) is 0 Å². The number of hydrogen-bond donors (Lipinski definition) is 2. The topological polar surface area (TPSA) is 64.3 Å². The van der Waals surface area contributed by atoms with Crippen molar-refractivity contribution in [1.29, 1.82) is 0 Å². The van der Waals surface area contributed by atoms with Crippen LogP contribution < -0.4 is 15.8 Å². The first-order chi connectivity index (χ1) is 13.1. The second-order valence-corrected chi connectivity index (χ2v) is 6.50. The van der Waals surface area contributed by atoms with Crippen LogP contribution in [0.3, 0.4) is 0 Å². The molecule has 0 saturated heterocycles. The minimum Gasteiger partial charge on any atom is -0.457 e. The fourth-order valence-electron chi connectivity index (χ4n) is 2.86. The van der Waals surface area contributed by atoms with Crippen LogP contribution in [0.2, 0.25) is 0 Å². The first-order valence-corrected chi connectivity index (χ1v) is 9.04. The average Bonchev–Trinajstić information content (AvgIpc) is 2.68. The van der Waals surface area contributed by atoms with Crippen LogP contribution in [-0.2, 0) is 13.0 Å². The molecule has 0 spiro atoms. The maximum Gasteiger partial charge on any atom is 0.248 e. The molecule has 0 saturated carbocycles. The molecule has 0 unspecified atom stereocenters. The normalized spacial score (nSPS) is 10.6. The Morgan fingerprint density at radius 3 is 2.37 bits per heavy atom. The van der Waals surface area contributed by atoms with Crippen molar-refractivity contribution >= 4 is 5.91 Å². The molecule has 3 rings (SSSR count). The molecular formula is C23H24N2O2. The van der Waals surface area contributed by atoms with Crippen molar-refractivity contribution < 1.29 is 9.53 Å². The van der Waals surface area contributed by atoms with Crippen LogP contribution in [0, 0.1) is 6.92 Å². The summed E-state index contributed by atoms with van der Waals surface area (Å²) in [6, 6.07) is 23.5. The Morgan fingerprint density at radius 1 is 0.963 bits per heavy atom. The summed E-state index contributed by atoms with van der Waals surface area (Å²) in [6.07, 6.45) is 1.02. The number of carbonyl (C=O) groups is 1. The molecule has 0 bridgehead atoms. The third-order valence-corrected chi connectivity index (χ3v) is 4.37. The van der Waals surface area contributed by atoms with E-state index in [0.717, 1.165) is 30.8 Å². The van der Waals surface area contributed by atoms with Gasteiger partial charge < -0.3 is 15.8 Å². The zero-order chi connectivity index (χ0) is 19.1. The summed E-state index contributed by atoms with van der Waals surface area (Å²) in [5.41, 5.74) is 9.35. The smallest absolute Gasteiger partial charge is 0.248 e. The molecule has 138 valence electrons. The van der Waals surface area contributed by atoms with Crippen molar-refractivity contribution in [2.45, 2.75) is 19.9 Å². The van der Waals surface area contributed by atoms with Gasteiger partial charge in [0.05, 0.1) is 0 Å². The molecule has 0 heterocycles. The summed E-state index contributed by atoms with van der Waals surface area (Å²) in [5.74, 6) is 1.04. The Bertz CT molecular complexity index is 890. The Balaban J connectivity index is 1.53. The minimum atomic E-state index is -0.443. The van der Waals surface area contributed by atoms with Crippen LogP contribution in [0.15, 0.2) is 72.8 Å². The molecule has 0 atom stereocenters. The lowest BCUT2D eigenvalue weighted by Gasteiger charge is -2.11. The number of aryl methyl sites for hydroxylation is 1. The Labute approximate surface area is 160 Å². The van der Waals surface area contributed by atoms with E-state index in [0.29, 0.717) is 11.3 Å². The molecule has 0 aliphatic carbocycles. The molecule has 3 N–H and O–H groups in total. The quantitative estimate of drug-likeness (QED) is 0.591. The van der Waals surface area contributed by atoms with E-state index >= 15 is 0 Å². The third kappa shape index (κ3) is 5.43. The van der Waals surface area contributed by atoms with E-state index < -0.39 is 5.91 Å². The summed E-state index contributed by atoms with van der Waals surface area (Å²) in [4.78, 5) is 11.1. The summed E-state index contributed by atoms with van der Waals surface area (Å²) in [5, 5.41) is 3.48. The van der Waals surface area contributed by atoms with Gasteiger partial charge in [-0.15, -0.1) is 0 Å². The number of amides is 1. The van der Waals surface area contributed by atoms with Gasteiger partial charge in [-0.3, -0.25) is 4.79 Å². The number of ether oxygens (including phenoxy) is 1. The average molecular weight is 360 g/mol. The van der Waals surface area contributed by atoms with Gasteiger partial charge in [0.1, 0.15) is 11.5 Å². The molecule has 4 nitrogen and oxygen atoms in total. The minimum absolute atomic E-state index is 0.443. The first kappa shape index (κ1) is 18.7. The fraction of sp³-hybridized carbons (Fsp3) is 0.174. The van der Waals surface area contributed by atoms with E-state index in [4.69, 9.17) is 10.5 Å². The second kappa shape index (κ2) is 9.01. The van der Waals surface area contributed by atoms with E-state index in [1.807, 2.05) is 19.1 Å². The predicted octanol–water partition coefficient (Wildman–Crippen LogP) is 4.22. The van der Waals surface area contributed by atoms with Gasteiger partial charge in [-0.05, 0) is 66.9 Å². The van der Waals surface area contributed by atoms with Crippen LogP contribution in [-0.4, -0.2) is 12.5 Å². The summed E-state index contributed by atoms with van der Waals surface area (Å²) in [7, 11) is 0. The number of nitrogens with two attached hydrogens (primary N) is 1. The lowest BCUT2D eigenvalue weighted by Crippen LogP contribution is -2.16. The summed E-state index contributed by atoms with van der Waals surface area (Å²) in [6.45, 7) is 3.79. The molecule has 0 fully saturated rings. The maximum atomic E-state index is 11.1. The highest BCUT2D eigenvalue weighted by molar-refractivity contribution is 5.92. The van der Waals surface area contributed by atoms with Gasteiger partial charge in [-0.1, -0.05) is 42.5 Å². The Kier molecular flexibility index (Phi) is 6.23. The van der Waals surface area contributed by atoms with Crippen molar-refractivity contribution in [1.82, 2.24) is 5.32 Å². The highest BCUT2D eigenvalue weighted by Crippen LogP contribution is 2.26. The number of nitrogens with one attached hydrogen (secondary N) is 1. The van der Waals surface area contributed by atoms with Gasteiger partial charge in [0.25, 0.3) is 0 Å². The van der Waals surface area contributed by atoms with Crippen molar-refractivity contribution in [2.75, 3.05) is 6.54 Å². The number of primary amides is 1. The second-order valence-electron chi connectivity index (χ2n) is 6.50. The molecule has 3 aromatic rings. The van der Waals surface area contributed by atoms with Gasteiger partial charge in [0.15, 0.2) is 0 Å². The van der Waals surface area contributed by atoms with Gasteiger partial charge >= 0.3 is 0 Å². The summed E-state index contributed by atoms with van der Waals surface area (Å²) < 4.78 is 5.91. The molecule has 0 aromatic heterocycles. The largest absolute Gasteiger partial charge is 0.457 e. The van der Waals surface area contributed by atoms with Gasteiger partial charge in [-0.2, -0.15) is 0 Å². The number of carbonyl (C=O) groups excluding carboxylic acids is 1. The van der Waals surface area contributed by atoms with Gasteiger partial charge in [0, 0.05) is 12.1 Å². The van der Waals surface area contributed by atoms with Crippen LogP contribution >= 0.6 is 0 Å². The molecule has 0 radical (unpaired) electrons. The molecule has 27 heavy (non-hydrogen) atoms. The van der Waals surface area contributed by atoms with Crippen molar-refractivity contribution in [3.8, 4) is 11.5 Å². The SMILES string of the molecule is Cc1cc(CNCCc2ccccc2)ccc1Oc1ccc(C(N)=O)cc1. The molecule has 3 aromatic carbocycles. The highest BCUT2D eigenvalue weighted by Gasteiger charge is 2.05. The summed E-state index contributed by atoms with van der Waals surface area (Å²) >= 11 is 0. The van der Waals surface area contributed by atoms with Crippen molar-refractivity contribution in [2.24, 2.45) is 5.73 Å². The maximum absolute atomic E-state index is 11.1. The monoisotopic (exact) mass is 360 g/mol. The number of hydrogen-bond acceptors (Lipinski definition) is 3. The van der Waals surface area contributed by atoms with Gasteiger partial charge in [0.2, 0.25) is 5.91 Å². The molecule has 1 amide bonds. The lowest BCUT2D eigenvalue weighted by atomic mass is 10.1. The molecule has 0 aliphatic heterocycles. The predicted molar refractivity (Wildman–Crippen MR) is 108 cm³/mol. The number of benzene rings is 3.